The van der Waals surface area contributed by atoms with Crippen molar-refractivity contribution >= 4 is 5.82 Å². The van der Waals surface area contributed by atoms with Crippen molar-refractivity contribution in [2.45, 2.75) is 19.4 Å². The fourth-order valence-electron chi connectivity index (χ4n) is 4.41. The molecule has 0 radical (unpaired) electrons. The molecular weight excluding hydrogens is 376 g/mol. The molecule has 4 heterocycles. The first-order chi connectivity index (χ1) is 14.7. The Morgan fingerprint density at radius 3 is 2.53 bits per heavy atom. The Morgan fingerprint density at radius 2 is 1.83 bits per heavy atom. The second-order valence-electron chi connectivity index (χ2n) is 8.33. The molecule has 154 valence electrons. The molecular formula is C24H26N4O2. The fourth-order valence-corrected chi connectivity index (χ4v) is 4.41. The van der Waals surface area contributed by atoms with Gasteiger partial charge in [-0.15, -0.1) is 0 Å². The molecule has 30 heavy (non-hydrogen) atoms. The highest BCUT2D eigenvalue weighted by molar-refractivity contribution is 5.47. The normalized spacial score (nSPS) is 17.5. The van der Waals surface area contributed by atoms with E-state index in [0.29, 0.717) is 17.8 Å². The summed E-state index contributed by atoms with van der Waals surface area (Å²) in [5, 5.41) is 3.44. The Morgan fingerprint density at radius 1 is 1.03 bits per heavy atom. The highest BCUT2D eigenvalue weighted by Crippen LogP contribution is 2.40. The van der Waals surface area contributed by atoms with Gasteiger partial charge in [-0.3, -0.25) is 9.36 Å². The van der Waals surface area contributed by atoms with Crippen LogP contribution in [0, 0.1) is 5.41 Å². The molecule has 2 aromatic heterocycles. The Kier molecular flexibility index (Phi) is 5.01. The van der Waals surface area contributed by atoms with Crippen LogP contribution in [0.25, 0.3) is 5.69 Å². The van der Waals surface area contributed by atoms with E-state index in [4.69, 9.17) is 4.74 Å². The smallest absolute Gasteiger partial charge is 0.258 e. The van der Waals surface area contributed by atoms with E-state index in [1.165, 1.54) is 18.9 Å². The Labute approximate surface area is 176 Å². The van der Waals surface area contributed by atoms with Crippen molar-refractivity contribution in [3.05, 3.63) is 82.9 Å². The van der Waals surface area contributed by atoms with Crippen LogP contribution in [0.1, 0.15) is 18.4 Å². The van der Waals surface area contributed by atoms with E-state index in [2.05, 4.69) is 15.2 Å². The molecule has 2 aliphatic rings. The van der Waals surface area contributed by atoms with Gasteiger partial charge in [0.1, 0.15) is 18.2 Å². The molecule has 0 saturated carbocycles. The molecule has 0 amide bonds. The van der Waals surface area contributed by atoms with Crippen molar-refractivity contribution in [3.8, 4) is 11.4 Å². The number of ether oxygens (including phenoxy) is 1. The topological polar surface area (TPSA) is 59.4 Å². The average Bonchev–Trinajstić information content (AvgIpc) is 2.78. The van der Waals surface area contributed by atoms with Crippen LogP contribution in [0.5, 0.6) is 5.75 Å². The van der Waals surface area contributed by atoms with Gasteiger partial charge in [0.05, 0.1) is 11.9 Å². The second kappa shape index (κ2) is 7.95. The van der Waals surface area contributed by atoms with Crippen LogP contribution in [0.3, 0.4) is 0 Å². The molecule has 0 atom stereocenters. The summed E-state index contributed by atoms with van der Waals surface area (Å²) in [5.41, 5.74) is 2.17. The summed E-state index contributed by atoms with van der Waals surface area (Å²) < 4.78 is 7.34. The van der Waals surface area contributed by atoms with E-state index in [0.717, 1.165) is 43.2 Å². The summed E-state index contributed by atoms with van der Waals surface area (Å²) in [6.45, 7) is 4.83. The minimum atomic E-state index is -0.132. The van der Waals surface area contributed by atoms with Gasteiger partial charge in [-0.2, -0.15) is 0 Å². The molecule has 5 rings (SSSR count). The van der Waals surface area contributed by atoms with Crippen molar-refractivity contribution in [1.82, 2.24) is 14.9 Å². The molecule has 1 aromatic carbocycles. The zero-order valence-electron chi connectivity index (χ0n) is 17.0. The lowest BCUT2D eigenvalue weighted by Gasteiger charge is -2.53. The zero-order valence-corrected chi connectivity index (χ0v) is 17.0. The van der Waals surface area contributed by atoms with Gasteiger partial charge in [0.2, 0.25) is 0 Å². The first-order valence-corrected chi connectivity index (χ1v) is 10.5. The van der Waals surface area contributed by atoms with E-state index >= 15 is 0 Å². The summed E-state index contributed by atoms with van der Waals surface area (Å²) in [4.78, 5) is 19.5. The van der Waals surface area contributed by atoms with Gasteiger partial charge in [0.25, 0.3) is 5.56 Å². The van der Waals surface area contributed by atoms with Crippen molar-refractivity contribution in [2.75, 3.05) is 31.1 Å². The maximum absolute atomic E-state index is 12.6. The van der Waals surface area contributed by atoms with Gasteiger partial charge in [-0.05, 0) is 49.7 Å². The molecule has 2 saturated heterocycles. The fraction of sp³-hybridized carbons (Fsp3) is 0.333. The highest BCUT2D eigenvalue weighted by atomic mass is 16.5. The first-order valence-electron chi connectivity index (χ1n) is 10.5. The van der Waals surface area contributed by atoms with Crippen LogP contribution in [-0.4, -0.2) is 35.7 Å². The number of aromatic nitrogens is 2. The van der Waals surface area contributed by atoms with Crippen molar-refractivity contribution < 1.29 is 4.74 Å². The van der Waals surface area contributed by atoms with Crippen LogP contribution in [0.15, 0.2) is 71.8 Å². The van der Waals surface area contributed by atoms with Crippen LogP contribution in [0.4, 0.5) is 5.82 Å². The van der Waals surface area contributed by atoms with Gasteiger partial charge in [-0.1, -0.05) is 30.3 Å². The summed E-state index contributed by atoms with van der Waals surface area (Å²) >= 11 is 0. The highest BCUT2D eigenvalue weighted by Gasteiger charge is 2.43. The van der Waals surface area contributed by atoms with E-state index in [1.807, 2.05) is 48.5 Å². The summed E-state index contributed by atoms with van der Waals surface area (Å²) in [7, 11) is 0. The lowest BCUT2D eigenvalue weighted by atomic mass is 9.72. The third kappa shape index (κ3) is 3.83. The number of hydrogen-bond donors (Lipinski definition) is 1. The predicted octanol–water partition coefficient (Wildman–Crippen LogP) is 3.00. The number of piperidine rings is 1. The Hall–Kier alpha value is -3.12. The van der Waals surface area contributed by atoms with Crippen LogP contribution >= 0.6 is 0 Å². The molecule has 3 aromatic rings. The monoisotopic (exact) mass is 402 g/mol. The number of nitrogens with zero attached hydrogens (tertiary/aromatic N) is 3. The SMILES string of the molecule is O=c1cc(OCc2ccccc2)ccn1-c1ccc(N2CC3(CCNCC3)C2)nc1. The molecule has 2 fully saturated rings. The third-order valence-corrected chi connectivity index (χ3v) is 6.19. The van der Waals surface area contributed by atoms with E-state index in [-0.39, 0.29) is 5.56 Å². The lowest BCUT2D eigenvalue weighted by Crippen LogP contribution is -2.60. The molecule has 6 nitrogen and oxygen atoms in total. The van der Waals surface area contributed by atoms with Gasteiger partial charge in [0.15, 0.2) is 0 Å². The van der Waals surface area contributed by atoms with E-state index in [9.17, 15) is 4.79 Å². The number of rotatable bonds is 5. The Bertz CT molecular complexity index is 1050. The maximum atomic E-state index is 12.6. The van der Waals surface area contributed by atoms with Gasteiger partial charge in [0, 0.05) is 30.8 Å². The number of hydrogen-bond acceptors (Lipinski definition) is 5. The molecule has 0 aliphatic carbocycles. The number of anilines is 1. The average molecular weight is 402 g/mol. The quantitative estimate of drug-likeness (QED) is 0.711. The summed E-state index contributed by atoms with van der Waals surface area (Å²) in [5.74, 6) is 1.55. The second-order valence-corrected chi connectivity index (χ2v) is 8.33. The molecule has 6 heteroatoms. The maximum Gasteiger partial charge on any atom is 0.258 e. The van der Waals surface area contributed by atoms with E-state index in [1.54, 1.807) is 17.0 Å². The van der Waals surface area contributed by atoms with Crippen LogP contribution < -0.4 is 20.5 Å². The van der Waals surface area contributed by atoms with E-state index < -0.39 is 0 Å². The van der Waals surface area contributed by atoms with Gasteiger partial charge in [-0.25, -0.2) is 4.98 Å². The largest absolute Gasteiger partial charge is 0.489 e. The zero-order chi connectivity index (χ0) is 20.4. The number of pyridine rings is 2. The molecule has 2 aliphatic heterocycles. The van der Waals surface area contributed by atoms with Crippen molar-refractivity contribution in [1.29, 1.82) is 0 Å². The molecule has 1 spiro atoms. The molecule has 1 N–H and O–H groups in total. The first kappa shape index (κ1) is 18.9. The predicted molar refractivity (Wildman–Crippen MR) is 117 cm³/mol. The standard InChI is InChI=1S/C24H26N4O2/c29-23-14-21(30-16-19-4-2-1-3-5-19)8-13-28(23)20-6-7-22(26-15-20)27-17-24(18-27)9-11-25-12-10-24/h1-8,13-15,25H,9-12,16-18H2. The third-order valence-electron chi connectivity index (χ3n) is 6.19. The molecule has 0 unspecified atom stereocenters. The van der Waals surface area contributed by atoms with Gasteiger partial charge < -0.3 is 15.0 Å². The van der Waals surface area contributed by atoms with Crippen molar-refractivity contribution in [3.63, 3.8) is 0 Å². The Balaban J connectivity index is 1.24. The van der Waals surface area contributed by atoms with Gasteiger partial charge >= 0.3 is 0 Å². The number of benzene rings is 1. The van der Waals surface area contributed by atoms with Crippen molar-refractivity contribution in [2.24, 2.45) is 5.41 Å². The lowest BCUT2D eigenvalue weighted by molar-refractivity contribution is 0.149. The molecule has 0 bridgehead atoms. The summed E-state index contributed by atoms with van der Waals surface area (Å²) in [6.07, 6.45) is 6.01. The minimum Gasteiger partial charge on any atom is -0.489 e. The van der Waals surface area contributed by atoms with Crippen LogP contribution in [-0.2, 0) is 6.61 Å². The number of nitrogens with one attached hydrogen (secondary N) is 1. The summed E-state index contributed by atoms with van der Waals surface area (Å²) in [6, 6.07) is 17.2. The minimum absolute atomic E-state index is 0.132. The van der Waals surface area contributed by atoms with Crippen LogP contribution in [0.2, 0.25) is 0 Å².